The number of carbonyl (C=O) groups is 5. The third-order valence-corrected chi connectivity index (χ3v) is 7.18. The minimum Gasteiger partial charge on any atom is -0.361 e. The van der Waals surface area contributed by atoms with Crippen molar-refractivity contribution in [2.24, 2.45) is 0 Å². The first-order valence-corrected chi connectivity index (χ1v) is 12.1. The number of carbonyl (C=O) groups excluding carboxylic acids is 5. The Bertz CT molecular complexity index is 1450. The maximum Gasteiger partial charge on any atom is 0.416 e. The van der Waals surface area contributed by atoms with Gasteiger partial charge in [0.05, 0.1) is 11.1 Å². The first-order valence-electron chi connectivity index (χ1n) is 12.1. The average Bonchev–Trinajstić information content (AvgIpc) is 3.20. The molecule has 1 saturated heterocycles. The van der Waals surface area contributed by atoms with Crippen molar-refractivity contribution in [2.75, 3.05) is 5.32 Å². The molecule has 2 aromatic rings. The summed E-state index contributed by atoms with van der Waals surface area (Å²) in [4.78, 5) is 63.7. The highest BCUT2D eigenvalue weighted by molar-refractivity contribution is 6.22. The predicted molar refractivity (Wildman–Crippen MR) is 128 cm³/mol. The van der Waals surface area contributed by atoms with Crippen molar-refractivity contribution in [3.63, 3.8) is 0 Å². The molecule has 5 rings (SSSR count). The highest BCUT2D eigenvalue weighted by atomic mass is 19.4. The molecule has 2 fully saturated rings. The Morgan fingerprint density at radius 3 is 2.38 bits per heavy atom. The number of imide groups is 1. The van der Waals surface area contributed by atoms with Gasteiger partial charge in [0.25, 0.3) is 5.91 Å². The second-order valence-corrected chi connectivity index (χ2v) is 9.62. The van der Waals surface area contributed by atoms with Crippen molar-refractivity contribution in [1.29, 1.82) is 0 Å². The van der Waals surface area contributed by atoms with E-state index in [0.717, 1.165) is 0 Å². The van der Waals surface area contributed by atoms with Crippen LogP contribution >= 0.6 is 0 Å². The number of rotatable bonds is 4. The number of anilines is 1. The first-order chi connectivity index (χ1) is 18.4. The van der Waals surface area contributed by atoms with Crippen LogP contribution in [0.15, 0.2) is 48.2 Å². The zero-order chi connectivity index (χ0) is 28.1. The summed E-state index contributed by atoms with van der Waals surface area (Å²) in [5.74, 6) is -4.65. The molecule has 202 valence electrons. The molecule has 12 heteroatoms. The maximum atomic E-state index is 14.3. The molecule has 39 heavy (non-hydrogen) atoms. The van der Waals surface area contributed by atoms with Gasteiger partial charge in [-0.25, -0.2) is 4.39 Å². The summed E-state index contributed by atoms with van der Waals surface area (Å²) in [6.07, 6.45) is -3.95. The predicted octanol–water partition coefficient (Wildman–Crippen LogP) is 3.62. The maximum absolute atomic E-state index is 14.3. The van der Waals surface area contributed by atoms with E-state index in [9.17, 15) is 41.5 Å². The first kappa shape index (κ1) is 26.3. The molecule has 0 radical (unpaired) electrons. The van der Waals surface area contributed by atoms with E-state index in [1.807, 2.05) is 0 Å². The van der Waals surface area contributed by atoms with Crippen LogP contribution in [-0.4, -0.2) is 40.2 Å². The van der Waals surface area contributed by atoms with Gasteiger partial charge in [-0.2, -0.15) is 13.2 Å². The number of hydrogen-bond donors (Lipinski definition) is 2. The van der Waals surface area contributed by atoms with Crippen molar-refractivity contribution < 1.29 is 41.5 Å². The number of ketones is 2. The molecule has 1 aliphatic carbocycles. The third-order valence-electron chi connectivity index (χ3n) is 7.18. The normalized spacial score (nSPS) is 21.7. The lowest BCUT2D eigenvalue weighted by Gasteiger charge is -2.29. The second-order valence-electron chi connectivity index (χ2n) is 9.62. The average molecular weight is 543 g/mol. The minimum absolute atomic E-state index is 0.0611. The van der Waals surface area contributed by atoms with Crippen LogP contribution in [0.1, 0.15) is 58.6 Å². The van der Waals surface area contributed by atoms with Crippen LogP contribution in [0.5, 0.6) is 0 Å². The fraction of sp³-hybridized carbons (Fsp3) is 0.296. The number of piperidine rings is 1. The number of amides is 3. The van der Waals surface area contributed by atoms with E-state index in [2.05, 4.69) is 10.6 Å². The van der Waals surface area contributed by atoms with E-state index in [4.69, 9.17) is 0 Å². The van der Waals surface area contributed by atoms with E-state index in [-0.39, 0.29) is 43.4 Å². The molecule has 8 nitrogen and oxygen atoms in total. The fourth-order valence-corrected chi connectivity index (χ4v) is 5.18. The Labute approximate surface area is 219 Å². The van der Waals surface area contributed by atoms with Crippen LogP contribution in [0.4, 0.5) is 23.2 Å². The lowest BCUT2D eigenvalue weighted by molar-refractivity contribution is -0.138. The summed E-state index contributed by atoms with van der Waals surface area (Å²) in [6, 6.07) is 5.88. The van der Waals surface area contributed by atoms with E-state index in [1.54, 1.807) is 18.2 Å². The molecule has 3 amide bonds. The monoisotopic (exact) mass is 543 g/mol. The van der Waals surface area contributed by atoms with Gasteiger partial charge in [0.2, 0.25) is 11.8 Å². The van der Waals surface area contributed by atoms with Crippen molar-refractivity contribution in [1.82, 2.24) is 10.2 Å². The third kappa shape index (κ3) is 4.93. The van der Waals surface area contributed by atoms with Crippen LogP contribution in [-0.2, 0) is 31.9 Å². The number of Topliss-reactive ketones (excluding diaryl/α,β-unsaturated/α-hetero) is 2. The van der Waals surface area contributed by atoms with Gasteiger partial charge in [0.15, 0.2) is 11.6 Å². The van der Waals surface area contributed by atoms with Gasteiger partial charge in [0, 0.05) is 54.7 Å². The van der Waals surface area contributed by atoms with E-state index < -0.39 is 58.8 Å². The Hall–Kier alpha value is -4.35. The molecule has 3 aliphatic rings. The second kappa shape index (κ2) is 9.75. The molecular weight excluding hydrogens is 522 g/mol. The highest BCUT2D eigenvalue weighted by Gasteiger charge is 2.40. The van der Waals surface area contributed by atoms with Crippen LogP contribution in [0.25, 0.3) is 0 Å². The summed E-state index contributed by atoms with van der Waals surface area (Å²) >= 11 is 0. The molecular formula is C27H21F4N3O5. The molecule has 0 bridgehead atoms. The SMILES string of the molecule is O=C1CCC(N2Cc3c(NC=C4C(=O)CC(c5cc(C(F)(F)F)ccc5F)CC4=O)cccc3C2=O)C(=O)N1. The van der Waals surface area contributed by atoms with E-state index >= 15 is 0 Å². The summed E-state index contributed by atoms with van der Waals surface area (Å²) < 4.78 is 53.6. The van der Waals surface area contributed by atoms with E-state index in [0.29, 0.717) is 35.0 Å². The molecule has 1 unspecified atom stereocenters. The zero-order valence-electron chi connectivity index (χ0n) is 20.2. The lowest BCUT2D eigenvalue weighted by Crippen LogP contribution is -2.52. The largest absolute Gasteiger partial charge is 0.416 e. The van der Waals surface area contributed by atoms with Gasteiger partial charge in [0.1, 0.15) is 11.9 Å². The number of allylic oxidation sites excluding steroid dienone is 1. The molecule has 2 heterocycles. The van der Waals surface area contributed by atoms with Crippen molar-refractivity contribution >= 4 is 35.0 Å². The molecule has 0 spiro atoms. The zero-order valence-corrected chi connectivity index (χ0v) is 20.2. The van der Waals surface area contributed by atoms with Crippen LogP contribution in [0, 0.1) is 5.82 Å². The molecule has 1 atom stereocenters. The smallest absolute Gasteiger partial charge is 0.361 e. The minimum atomic E-state index is -4.70. The number of nitrogens with one attached hydrogen (secondary N) is 2. The topological polar surface area (TPSA) is 113 Å². The Morgan fingerprint density at radius 1 is 1.00 bits per heavy atom. The van der Waals surface area contributed by atoms with Crippen LogP contribution < -0.4 is 10.6 Å². The molecule has 2 N–H and O–H groups in total. The summed E-state index contributed by atoms with van der Waals surface area (Å²) in [7, 11) is 0. The van der Waals surface area contributed by atoms with Crippen molar-refractivity contribution in [3.8, 4) is 0 Å². The number of nitrogens with zero attached hydrogens (tertiary/aromatic N) is 1. The summed E-state index contributed by atoms with van der Waals surface area (Å²) in [5.41, 5.74) is -0.363. The lowest BCUT2D eigenvalue weighted by atomic mass is 9.79. The fourth-order valence-electron chi connectivity index (χ4n) is 5.18. The molecule has 2 aromatic carbocycles. The number of halogens is 4. The Kier molecular flexibility index (Phi) is 6.57. The number of fused-ring (bicyclic) bond motifs is 1. The van der Waals surface area contributed by atoms with Gasteiger partial charge >= 0.3 is 6.18 Å². The summed E-state index contributed by atoms with van der Waals surface area (Å²) in [6.45, 7) is 0.0611. The van der Waals surface area contributed by atoms with Crippen molar-refractivity contribution in [3.05, 3.63) is 76.2 Å². The highest BCUT2D eigenvalue weighted by Crippen LogP contribution is 2.38. The van der Waals surface area contributed by atoms with Crippen LogP contribution in [0.3, 0.4) is 0 Å². The van der Waals surface area contributed by atoms with Gasteiger partial charge in [-0.05, 0) is 42.3 Å². The molecule has 0 aromatic heterocycles. The van der Waals surface area contributed by atoms with Gasteiger partial charge in [-0.15, -0.1) is 0 Å². The Morgan fingerprint density at radius 2 is 1.72 bits per heavy atom. The van der Waals surface area contributed by atoms with Crippen molar-refractivity contribution in [2.45, 2.75) is 50.4 Å². The molecule has 1 saturated carbocycles. The number of alkyl halides is 3. The molecule has 2 aliphatic heterocycles. The standard InChI is InChI=1S/C27H21F4N3O5/c28-19-5-4-14(27(29,30)31)10-16(19)13-8-22(35)17(23(36)9-13)11-32-20-3-1-2-15-18(20)12-34(26(15)39)21-6-7-24(37)33-25(21)38/h1-5,10-11,13,21,32H,6-9,12H2,(H,33,37,38). The van der Waals surface area contributed by atoms with Gasteiger partial charge < -0.3 is 10.2 Å². The quantitative estimate of drug-likeness (QED) is 0.264. The Balaban J connectivity index is 1.33. The summed E-state index contributed by atoms with van der Waals surface area (Å²) in [5, 5.41) is 5.10. The van der Waals surface area contributed by atoms with E-state index in [1.165, 1.54) is 11.1 Å². The van der Waals surface area contributed by atoms with Crippen LogP contribution in [0.2, 0.25) is 0 Å². The number of benzene rings is 2. The van der Waals surface area contributed by atoms with Gasteiger partial charge in [-0.1, -0.05) is 6.07 Å². The number of hydrogen-bond acceptors (Lipinski definition) is 6. The van der Waals surface area contributed by atoms with Gasteiger partial charge in [-0.3, -0.25) is 29.3 Å².